The highest BCUT2D eigenvalue weighted by Crippen LogP contribution is 2.39. The third-order valence-electron chi connectivity index (χ3n) is 6.85. The zero-order valence-electron chi connectivity index (χ0n) is 20.6. The van der Waals surface area contributed by atoms with E-state index in [-0.39, 0.29) is 36.0 Å². The number of aryl methyl sites for hydroxylation is 1. The molecule has 1 aromatic carbocycles. The Morgan fingerprint density at radius 3 is 2.49 bits per heavy atom. The van der Waals surface area contributed by atoms with E-state index in [1.54, 1.807) is 10.3 Å². The van der Waals surface area contributed by atoms with Crippen LogP contribution in [-0.2, 0) is 28.5 Å². The van der Waals surface area contributed by atoms with E-state index in [9.17, 15) is 31.1 Å². The molecule has 7 nitrogen and oxygen atoms in total. The normalized spacial score (nSPS) is 18.8. The van der Waals surface area contributed by atoms with Crippen LogP contribution in [0, 0.1) is 6.92 Å². The summed E-state index contributed by atoms with van der Waals surface area (Å²) in [6, 6.07) is 6.17. The largest absolute Gasteiger partial charge is 0.435 e. The van der Waals surface area contributed by atoms with Gasteiger partial charge in [-0.2, -0.15) is 31.4 Å². The van der Waals surface area contributed by atoms with Gasteiger partial charge in [-0.3, -0.25) is 9.48 Å². The van der Waals surface area contributed by atoms with Crippen LogP contribution in [0.5, 0.6) is 0 Å². The van der Waals surface area contributed by atoms with E-state index in [4.69, 9.17) is 4.84 Å². The molecule has 5 rings (SSSR count). The lowest BCUT2D eigenvalue weighted by Crippen LogP contribution is -2.40. The van der Waals surface area contributed by atoms with Gasteiger partial charge < -0.3 is 9.74 Å². The number of hydrogen-bond acceptors (Lipinski definition) is 6. The Labute approximate surface area is 223 Å². The average Bonchev–Trinajstić information content (AvgIpc) is 3.64. The molecule has 1 atom stereocenters. The lowest BCUT2D eigenvalue weighted by molar-refractivity contribution is -0.142. The average molecular weight is 572 g/mol. The van der Waals surface area contributed by atoms with Gasteiger partial charge >= 0.3 is 12.4 Å². The number of rotatable bonds is 5. The van der Waals surface area contributed by atoms with E-state index in [1.807, 2.05) is 0 Å². The minimum Gasteiger partial charge on any atom is -0.387 e. The van der Waals surface area contributed by atoms with Crippen molar-refractivity contribution >= 4 is 23.0 Å². The minimum absolute atomic E-state index is 0.0242. The highest BCUT2D eigenvalue weighted by molar-refractivity contribution is 7.10. The number of likely N-dealkylation sites (tertiary alicyclic amines) is 1. The molecule has 4 heterocycles. The molecule has 0 aliphatic carbocycles. The van der Waals surface area contributed by atoms with Crippen LogP contribution in [0.3, 0.4) is 0 Å². The van der Waals surface area contributed by atoms with E-state index < -0.39 is 29.7 Å². The molecule has 3 aromatic rings. The highest BCUT2D eigenvalue weighted by Gasteiger charge is 2.38. The van der Waals surface area contributed by atoms with Crippen molar-refractivity contribution in [2.24, 2.45) is 5.16 Å². The van der Waals surface area contributed by atoms with E-state index in [0.717, 1.165) is 21.8 Å². The van der Waals surface area contributed by atoms with E-state index in [2.05, 4.69) is 15.2 Å². The molecule has 0 radical (unpaired) electrons. The van der Waals surface area contributed by atoms with Crippen LogP contribution in [0.1, 0.15) is 64.5 Å². The molecule has 0 spiro atoms. The van der Waals surface area contributed by atoms with Crippen LogP contribution in [0.4, 0.5) is 26.3 Å². The summed E-state index contributed by atoms with van der Waals surface area (Å²) in [5, 5.41) is 10.2. The van der Waals surface area contributed by atoms with Gasteiger partial charge in [-0.1, -0.05) is 23.4 Å². The first kappa shape index (κ1) is 27.2. The Bertz CT molecular complexity index is 1390. The summed E-state index contributed by atoms with van der Waals surface area (Å²) >= 11 is 1.42. The van der Waals surface area contributed by atoms with Crippen molar-refractivity contribution in [3.63, 3.8) is 0 Å². The number of halogens is 6. The zero-order valence-corrected chi connectivity index (χ0v) is 21.4. The minimum atomic E-state index is -4.57. The van der Waals surface area contributed by atoms with Gasteiger partial charge in [-0.05, 0) is 31.9 Å². The van der Waals surface area contributed by atoms with Gasteiger partial charge in [0, 0.05) is 42.1 Å². The number of carbonyl (C=O) groups is 1. The number of carbonyl (C=O) groups excluding carboxylic acids is 1. The molecule has 1 saturated heterocycles. The molecule has 2 aromatic heterocycles. The second-order valence-electron chi connectivity index (χ2n) is 9.47. The topological polar surface area (TPSA) is 72.6 Å². The van der Waals surface area contributed by atoms with Crippen LogP contribution >= 0.6 is 11.3 Å². The Morgan fingerprint density at radius 2 is 1.82 bits per heavy atom. The number of piperidine rings is 1. The fourth-order valence-corrected chi connectivity index (χ4v) is 5.75. The van der Waals surface area contributed by atoms with Crippen molar-refractivity contribution < 1.29 is 36.0 Å². The fraction of sp³-hybridized carbons (Fsp3) is 0.440. The third kappa shape index (κ3) is 5.80. The van der Waals surface area contributed by atoms with Gasteiger partial charge in [0.25, 0.3) is 0 Å². The summed E-state index contributed by atoms with van der Waals surface area (Å²) < 4.78 is 80.0. The van der Waals surface area contributed by atoms with Gasteiger partial charge in [0.2, 0.25) is 5.91 Å². The standard InChI is InChI=1S/C25H23F6N5O2S/c1-14-10-21(25(29,30)31)33-36(14)12-22(37)35-8-6-15(7-9-35)23-32-19(13-39-23)18-11-20(38-34-18)16-4-2-3-5-17(16)24(26,27)28/h2-5,10,13,15,20H,6-9,11-12H2,1H3/t20-/m1/s1. The van der Waals surface area contributed by atoms with Crippen LogP contribution in [-0.4, -0.2) is 44.4 Å². The Balaban J connectivity index is 1.17. The number of oxime groups is 1. The number of aromatic nitrogens is 3. The number of amides is 1. The maximum atomic E-state index is 13.4. The first-order chi connectivity index (χ1) is 18.4. The summed E-state index contributed by atoms with van der Waals surface area (Å²) in [7, 11) is 0. The number of hydrogen-bond donors (Lipinski definition) is 0. The Hall–Kier alpha value is -3.42. The maximum Gasteiger partial charge on any atom is 0.435 e. The summed E-state index contributed by atoms with van der Waals surface area (Å²) in [4.78, 5) is 24.3. The molecule has 39 heavy (non-hydrogen) atoms. The van der Waals surface area contributed by atoms with Crippen LogP contribution in [0.25, 0.3) is 0 Å². The summed E-state index contributed by atoms with van der Waals surface area (Å²) in [5.41, 5.74) is -0.482. The molecule has 2 aliphatic heterocycles. The van der Waals surface area contributed by atoms with Crippen molar-refractivity contribution in [1.29, 1.82) is 0 Å². The Kier molecular flexibility index (Phi) is 7.16. The molecule has 2 aliphatic rings. The van der Waals surface area contributed by atoms with Crippen molar-refractivity contribution in [3.8, 4) is 0 Å². The van der Waals surface area contributed by atoms with Gasteiger partial charge in [0.05, 0.1) is 16.3 Å². The molecular formula is C25H23F6N5O2S. The summed E-state index contributed by atoms with van der Waals surface area (Å²) in [6.45, 7) is 2.04. The van der Waals surface area contributed by atoms with Crippen LogP contribution in [0.15, 0.2) is 40.9 Å². The fourth-order valence-electron chi connectivity index (χ4n) is 4.75. The molecule has 1 fully saturated rings. The van der Waals surface area contributed by atoms with E-state index in [0.29, 0.717) is 37.3 Å². The van der Waals surface area contributed by atoms with Gasteiger partial charge in [-0.15, -0.1) is 11.3 Å². The lowest BCUT2D eigenvalue weighted by Gasteiger charge is -2.31. The zero-order chi connectivity index (χ0) is 27.9. The summed E-state index contributed by atoms with van der Waals surface area (Å²) in [5.74, 6) is -0.239. The number of thiazole rings is 1. The lowest BCUT2D eigenvalue weighted by atomic mass is 9.97. The van der Waals surface area contributed by atoms with E-state index in [1.165, 1.54) is 36.5 Å². The molecule has 0 bridgehead atoms. The second kappa shape index (κ2) is 10.3. The van der Waals surface area contributed by atoms with Crippen molar-refractivity contribution in [1.82, 2.24) is 19.7 Å². The molecular weight excluding hydrogens is 548 g/mol. The predicted octanol–water partition coefficient (Wildman–Crippen LogP) is 5.96. The number of alkyl halides is 6. The smallest absolute Gasteiger partial charge is 0.387 e. The Morgan fingerprint density at radius 1 is 1.10 bits per heavy atom. The molecule has 1 amide bonds. The molecule has 14 heteroatoms. The SMILES string of the molecule is Cc1cc(C(F)(F)F)nn1CC(=O)N1CCC(c2nc(C3=NO[C@@H](c4ccccc4C(F)(F)F)C3)cs2)CC1. The van der Waals surface area contributed by atoms with Gasteiger partial charge in [0.15, 0.2) is 11.8 Å². The molecule has 0 N–H and O–H groups in total. The van der Waals surface area contributed by atoms with Crippen molar-refractivity contribution in [3.05, 3.63) is 68.9 Å². The van der Waals surface area contributed by atoms with E-state index >= 15 is 0 Å². The monoisotopic (exact) mass is 571 g/mol. The van der Waals surface area contributed by atoms with Crippen LogP contribution < -0.4 is 0 Å². The van der Waals surface area contributed by atoms with Gasteiger partial charge in [0.1, 0.15) is 12.3 Å². The van der Waals surface area contributed by atoms with Crippen LogP contribution in [0.2, 0.25) is 0 Å². The molecule has 0 unspecified atom stereocenters. The quantitative estimate of drug-likeness (QED) is 0.355. The first-order valence-electron chi connectivity index (χ1n) is 12.1. The first-order valence-corrected chi connectivity index (χ1v) is 13.0. The maximum absolute atomic E-state index is 13.4. The molecule has 0 saturated carbocycles. The predicted molar refractivity (Wildman–Crippen MR) is 129 cm³/mol. The summed E-state index contributed by atoms with van der Waals surface area (Å²) in [6.07, 6.45) is -8.54. The second-order valence-corrected chi connectivity index (χ2v) is 10.4. The van der Waals surface area contributed by atoms with Crippen molar-refractivity contribution in [2.45, 2.75) is 57.1 Å². The number of nitrogens with zero attached hydrogens (tertiary/aromatic N) is 5. The third-order valence-corrected chi connectivity index (χ3v) is 7.86. The van der Waals surface area contributed by atoms with Crippen molar-refractivity contribution in [2.75, 3.05) is 13.1 Å². The molecule has 208 valence electrons. The highest BCUT2D eigenvalue weighted by atomic mass is 32.1. The number of benzene rings is 1. The van der Waals surface area contributed by atoms with Gasteiger partial charge in [-0.25, -0.2) is 4.98 Å².